The summed E-state index contributed by atoms with van der Waals surface area (Å²) >= 11 is 1.20. The van der Waals surface area contributed by atoms with Crippen LogP contribution in [0.2, 0.25) is 0 Å². The van der Waals surface area contributed by atoms with E-state index >= 15 is 0 Å². The van der Waals surface area contributed by atoms with Gasteiger partial charge in [-0.1, -0.05) is 48.5 Å². The maximum absolute atomic E-state index is 8.49. The molecule has 1 aliphatic heterocycles. The minimum atomic E-state index is -4.94. The standard InChI is InChI=1S/C18H14S.ClHO4/c1-14-12-17(15-8-4-2-5-9-15)13-18(19-14)16-10-6-3-7-11-16;2-1(3,4)5/h2-13H,1H2;(H,2,3,4,5). The molecule has 6 heteroatoms. The normalized spacial score (nSPS) is 14.2. The van der Waals surface area contributed by atoms with E-state index in [0.29, 0.717) is 0 Å². The average Bonchev–Trinajstić information content (AvgIpc) is 2.54. The van der Waals surface area contributed by atoms with Gasteiger partial charge in [-0.05, 0) is 29.8 Å². The summed E-state index contributed by atoms with van der Waals surface area (Å²) in [6.07, 6.45) is 4.43. The molecule has 0 fully saturated rings. The lowest BCUT2D eigenvalue weighted by atomic mass is 10.0. The van der Waals surface area contributed by atoms with Crippen molar-refractivity contribution in [3.63, 3.8) is 0 Å². The number of halogens is 1. The zero-order valence-electron chi connectivity index (χ0n) is 12.6. The van der Waals surface area contributed by atoms with Crippen LogP contribution in [0.5, 0.6) is 0 Å². The number of rotatable bonds is 2. The summed E-state index contributed by atoms with van der Waals surface area (Å²) in [5.41, 5.74) is 3.75. The Labute approximate surface area is 146 Å². The third-order valence-electron chi connectivity index (χ3n) is 3.06. The van der Waals surface area contributed by atoms with Gasteiger partial charge in [0.2, 0.25) is 0 Å². The fraction of sp³-hybridized carbons (Fsp3) is 0. The molecule has 0 bridgehead atoms. The molecule has 4 nitrogen and oxygen atoms in total. The molecule has 0 N–H and O–H groups in total. The largest absolute Gasteiger partial charge is 0.222 e. The van der Waals surface area contributed by atoms with Crippen molar-refractivity contribution in [2.24, 2.45) is 0 Å². The van der Waals surface area contributed by atoms with Gasteiger partial charge in [-0.15, -0.1) is 10.2 Å². The van der Waals surface area contributed by atoms with Crippen LogP contribution < -0.4 is 18.6 Å². The first-order valence-corrected chi connectivity index (χ1v) is 9.02. The molecule has 0 spiro atoms. The van der Waals surface area contributed by atoms with Crippen molar-refractivity contribution in [2.75, 3.05) is 0 Å². The fourth-order valence-electron chi connectivity index (χ4n) is 2.14. The third-order valence-corrected chi connectivity index (χ3v) is 4.10. The van der Waals surface area contributed by atoms with Gasteiger partial charge in [-0.25, -0.2) is 18.6 Å². The summed E-state index contributed by atoms with van der Waals surface area (Å²) in [5.74, 6) is 0. The zero-order valence-corrected chi connectivity index (χ0v) is 14.2. The van der Waals surface area contributed by atoms with Crippen molar-refractivity contribution < 1.29 is 28.9 Å². The maximum Gasteiger partial charge on any atom is 0.166 e. The predicted molar refractivity (Wildman–Crippen MR) is 86.7 cm³/mol. The van der Waals surface area contributed by atoms with Gasteiger partial charge < -0.3 is 0 Å². The lowest BCUT2D eigenvalue weighted by Gasteiger charge is -2.17. The number of thiol groups is 1. The molecular formula is C18H15ClO4S. The highest BCUT2D eigenvalue weighted by Crippen LogP contribution is 2.31. The average molecular weight is 363 g/mol. The number of hydrogen-bond acceptors (Lipinski definition) is 4. The molecule has 0 saturated heterocycles. The monoisotopic (exact) mass is 362 g/mol. The highest BCUT2D eigenvalue weighted by atomic mass is 35.7. The molecule has 0 amide bonds. The summed E-state index contributed by atoms with van der Waals surface area (Å²) in [6, 6.07) is 21.0. The Balaban J connectivity index is 0.000000368. The van der Waals surface area contributed by atoms with Crippen molar-refractivity contribution in [2.45, 2.75) is 0 Å². The Bertz CT molecular complexity index is 744. The maximum atomic E-state index is 8.49. The van der Waals surface area contributed by atoms with E-state index in [1.165, 1.54) is 33.4 Å². The third kappa shape index (κ3) is 6.33. The molecule has 0 aromatic heterocycles. The van der Waals surface area contributed by atoms with Crippen LogP contribution in [0.1, 0.15) is 11.1 Å². The Morgan fingerprint density at radius 3 is 1.67 bits per heavy atom. The second kappa shape index (κ2) is 8.30. The van der Waals surface area contributed by atoms with Gasteiger partial charge >= 0.3 is 0 Å². The Morgan fingerprint density at radius 1 is 0.708 bits per heavy atom. The SMILES string of the molecule is C=C1C=C(c2ccccc2)C=C(c2ccccc2)[SH+]1.[O-][Cl+3]([O-])([O-])[O-]. The van der Waals surface area contributed by atoms with E-state index in [4.69, 9.17) is 18.6 Å². The predicted octanol–water partition coefficient (Wildman–Crippen LogP) is -0.303. The van der Waals surface area contributed by atoms with Crippen LogP contribution in [-0.2, 0) is 11.8 Å². The second-order valence-corrected chi connectivity index (χ2v) is 6.88. The number of allylic oxidation sites excluding steroid dienone is 3. The van der Waals surface area contributed by atoms with Crippen molar-refractivity contribution in [1.82, 2.24) is 0 Å². The summed E-state index contributed by atoms with van der Waals surface area (Å²) in [7, 11) is -4.94. The summed E-state index contributed by atoms with van der Waals surface area (Å²) < 4.78 is 34.0. The van der Waals surface area contributed by atoms with Crippen molar-refractivity contribution in [3.05, 3.63) is 95.4 Å². The van der Waals surface area contributed by atoms with E-state index < -0.39 is 10.2 Å². The summed E-state index contributed by atoms with van der Waals surface area (Å²) in [6.45, 7) is 4.14. The van der Waals surface area contributed by atoms with E-state index in [-0.39, 0.29) is 0 Å². The zero-order chi connectivity index (χ0) is 17.6. The lowest BCUT2D eigenvalue weighted by molar-refractivity contribution is -2.00. The van der Waals surface area contributed by atoms with Gasteiger partial charge in [0.25, 0.3) is 0 Å². The lowest BCUT2D eigenvalue weighted by Crippen LogP contribution is -2.68. The molecule has 3 rings (SSSR count). The van der Waals surface area contributed by atoms with Crippen LogP contribution in [0.3, 0.4) is 0 Å². The highest BCUT2D eigenvalue weighted by molar-refractivity contribution is 7.92. The molecule has 0 aliphatic carbocycles. The summed E-state index contributed by atoms with van der Waals surface area (Å²) in [5, 5.41) is 0. The molecule has 2 aromatic carbocycles. The van der Waals surface area contributed by atoms with Crippen molar-refractivity contribution in [1.29, 1.82) is 0 Å². The van der Waals surface area contributed by atoms with Gasteiger partial charge in [0, 0.05) is 29.5 Å². The molecular weight excluding hydrogens is 348 g/mol. The van der Waals surface area contributed by atoms with Gasteiger partial charge in [0.05, 0.1) is 0 Å². The van der Waals surface area contributed by atoms with Crippen LogP contribution >= 0.6 is 0 Å². The van der Waals surface area contributed by atoms with Crippen LogP contribution in [0.15, 0.2) is 84.3 Å². The van der Waals surface area contributed by atoms with Crippen LogP contribution in [0.25, 0.3) is 10.5 Å². The quantitative estimate of drug-likeness (QED) is 0.541. The molecule has 124 valence electrons. The second-order valence-electron chi connectivity index (χ2n) is 4.84. The van der Waals surface area contributed by atoms with Crippen LogP contribution in [-0.4, -0.2) is 0 Å². The van der Waals surface area contributed by atoms with E-state index in [1.54, 1.807) is 0 Å². The van der Waals surface area contributed by atoms with Crippen LogP contribution in [0, 0.1) is 10.2 Å². The van der Waals surface area contributed by atoms with Gasteiger partial charge in [0.15, 0.2) is 9.81 Å². The van der Waals surface area contributed by atoms with E-state index in [2.05, 4.69) is 67.3 Å². The Hall–Kier alpha value is -1.86. The number of benzene rings is 2. The molecule has 0 saturated carbocycles. The molecule has 0 radical (unpaired) electrons. The van der Waals surface area contributed by atoms with E-state index in [0.717, 1.165) is 4.91 Å². The highest BCUT2D eigenvalue weighted by Gasteiger charge is 2.19. The first-order chi connectivity index (χ1) is 11.3. The molecule has 1 aliphatic rings. The fourth-order valence-corrected chi connectivity index (χ4v) is 3.14. The first-order valence-electron chi connectivity index (χ1n) is 6.89. The topological polar surface area (TPSA) is 92.2 Å². The van der Waals surface area contributed by atoms with Crippen molar-refractivity contribution >= 4 is 22.2 Å². The molecule has 24 heavy (non-hydrogen) atoms. The molecule has 1 heterocycles. The smallest absolute Gasteiger partial charge is 0.166 e. The van der Waals surface area contributed by atoms with Gasteiger partial charge in [-0.3, -0.25) is 0 Å². The minimum absolute atomic E-state index is 1.14. The Morgan fingerprint density at radius 2 is 1.17 bits per heavy atom. The van der Waals surface area contributed by atoms with E-state index in [9.17, 15) is 0 Å². The number of hydrogen-bond donors (Lipinski definition) is 0. The van der Waals surface area contributed by atoms with Gasteiger partial charge in [-0.2, -0.15) is 0 Å². The van der Waals surface area contributed by atoms with E-state index in [1.807, 2.05) is 12.1 Å². The molecule has 0 atom stereocenters. The summed E-state index contributed by atoms with van der Waals surface area (Å²) in [4.78, 5) is 2.45. The van der Waals surface area contributed by atoms with Gasteiger partial charge in [0.1, 0.15) is 0 Å². The molecule has 0 unspecified atom stereocenters. The Kier molecular flexibility index (Phi) is 6.39. The minimum Gasteiger partial charge on any atom is -0.222 e. The van der Waals surface area contributed by atoms with Crippen molar-refractivity contribution in [3.8, 4) is 0 Å². The first kappa shape index (κ1) is 18.5. The molecule has 2 aromatic rings. The van der Waals surface area contributed by atoms with Crippen LogP contribution in [0.4, 0.5) is 0 Å².